The molecule has 1 amide bonds. The molecule has 0 saturated heterocycles. The summed E-state index contributed by atoms with van der Waals surface area (Å²) in [4.78, 5) is 11.6. The van der Waals surface area contributed by atoms with Crippen LogP contribution in [0.3, 0.4) is 0 Å². The van der Waals surface area contributed by atoms with E-state index in [0.717, 1.165) is 19.3 Å². The highest BCUT2D eigenvalue weighted by Gasteiger charge is 2.36. The Morgan fingerprint density at radius 1 is 1.27 bits per heavy atom. The third-order valence-corrected chi connectivity index (χ3v) is 4.96. The fourth-order valence-corrected chi connectivity index (χ4v) is 3.45. The zero-order chi connectivity index (χ0) is 18.9. The van der Waals surface area contributed by atoms with E-state index >= 15 is 0 Å². The van der Waals surface area contributed by atoms with Gasteiger partial charge in [-0.05, 0) is 31.1 Å². The van der Waals surface area contributed by atoms with Gasteiger partial charge in [0.05, 0.1) is 12.1 Å². The summed E-state index contributed by atoms with van der Waals surface area (Å²) in [5, 5.41) is 27.5. The van der Waals surface area contributed by atoms with E-state index in [-0.39, 0.29) is 24.3 Å². The van der Waals surface area contributed by atoms with Crippen molar-refractivity contribution in [2.45, 2.75) is 76.9 Å². The maximum atomic E-state index is 11.6. The first kappa shape index (κ1) is 20.4. The van der Waals surface area contributed by atoms with Gasteiger partial charge in [0.2, 0.25) is 0 Å². The molecule has 2 rings (SSSR count). The molecule has 1 aromatic rings. The van der Waals surface area contributed by atoms with Gasteiger partial charge in [-0.25, -0.2) is 4.68 Å². The first-order chi connectivity index (χ1) is 12.6. The molecule has 0 radical (unpaired) electrons. The monoisotopic (exact) mass is 362 g/mol. The van der Waals surface area contributed by atoms with E-state index in [9.17, 15) is 15.0 Å². The van der Waals surface area contributed by atoms with Crippen molar-refractivity contribution in [3.05, 3.63) is 11.4 Å². The number of nitrogens with zero attached hydrogens (tertiary/aromatic N) is 3. The summed E-state index contributed by atoms with van der Waals surface area (Å²) in [5.74, 6) is 5.42. The highest BCUT2D eigenvalue weighted by molar-refractivity contribution is 5.92. The number of carbonyl (C=O) groups excluding carboxylic acids is 1. The zero-order valence-corrected chi connectivity index (χ0v) is 15.5. The van der Waals surface area contributed by atoms with Crippen molar-refractivity contribution >= 4 is 5.91 Å². The minimum absolute atomic E-state index is 0.0140. The Morgan fingerprint density at radius 2 is 2.00 bits per heavy atom. The van der Waals surface area contributed by atoms with E-state index in [1.54, 1.807) is 0 Å². The van der Waals surface area contributed by atoms with Crippen LogP contribution >= 0.6 is 0 Å². The number of nitrogens with two attached hydrogens (primary N) is 1. The van der Waals surface area contributed by atoms with Crippen molar-refractivity contribution in [1.82, 2.24) is 15.0 Å². The third kappa shape index (κ3) is 5.29. The minimum atomic E-state index is -0.675. The summed E-state index contributed by atoms with van der Waals surface area (Å²) < 4.78 is 1.51. The fourth-order valence-electron chi connectivity index (χ4n) is 3.45. The number of primary amides is 1. The van der Waals surface area contributed by atoms with Gasteiger partial charge in [-0.3, -0.25) is 4.79 Å². The Labute approximate surface area is 155 Å². The van der Waals surface area contributed by atoms with Crippen LogP contribution in [0.25, 0.3) is 0 Å². The van der Waals surface area contributed by atoms with Crippen LogP contribution in [0.1, 0.15) is 86.9 Å². The molecular formula is C19H30N4O3. The zero-order valence-electron chi connectivity index (χ0n) is 15.5. The Hall–Kier alpha value is -1.91. The Bertz CT molecular complexity index is 647. The standard InChI is InChI=1S/C19H30N4O3/c1-2-3-4-5-6-7-8-9-10-15-18(19(20)26)21-22-23(15)16-11-14(13-24)12-17(16)25/h14,16-17,24-25H,2-8,11-13H2,1H3,(H2,20,26)/t14-,16+,17+/m0/s1. The molecule has 144 valence electrons. The van der Waals surface area contributed by atoms with Crippen molar-refractivity contribution in [3.8, 4) is 11.8 Å². The normalized spacial score (nSPS) is 22.2. The van der Waals surface area contributed by atoms with Crippen LogP contribution in [0.2, 0.25) is 0 Å². The number of aliphatic hydroxyl groups excluding tert-OH is 2. The summed E-state index contributed by atoms with van der Waals surface area (Å²) in [7, 11) is 0. The molecule has 1 aliphatic carbocycles. The van der Waals surface area contributed by atoms with Crippen LogP contribution in [0.5, 0.6) is 0 Å². The summed E-state index contributed by atoms with van der Waals surface area (Å²) in [6.07, 6.45) is 8.32. The van der Waals surface area contributed by atoms with Gasteiger partial charge in [-0.1, -0.05) is 50.2 Å². The van der Waals surface area contributed by atoms with E-state index in [1.165, 1.54) is 30.4 Å². The first-order valence-corrected chi connectivity index (χ1v) is 9.61. The molecule has 0 aromatic carbocycles. The second-order valence-corrected chi connectivity index (χ2v) is 7.07. The van der Waals surface area contributed by atoms with Gasteiger partial charge in [-0.15, -0.1) is 5.10 Å². The average molecular weight is 362 g/mol. The quantitative estimate of drug-likeness (QED) is 0.458. The topological polar surface area (TPSA) is 114 Å². The SMILES string of the molecule is CCCCCCCCC#Cc1c(C(N)=O)nnn1[C@@H]1C[C@H](CO)C[C@H]1O. The molecule has 3 atom stereocenters. The number of aliphatic hydroxyl groups is 2. The van der Waals surface area contributed by atoms with Crippen LogP contribution in [-0.4, -0.2) is 43.8 Å². The van der Waals surface area contributed by atoms with Gasteiger partial charge in [0.15, 0.2) is 5.69 Å². The van der Waals surface area contributed by atoms with E-state index in [1.807, 2.05) is 0 Å². The third-order valence-electron chi connectivity index (χ3n) is 4.96. The summed E-state index contributed by atoms with van der Waals surface area (Å²) >= 11 is 0. The molecule has 0 aliphatic heterocycles. The highest BCUT2D eigenvalue weighted by Crippen LogP contribution is 2.35. The molecular weight excluding hydrogens is 332 g/mol. The molecule has 1 saturated carbocycles. The molecule has 1 heterocycles. The molecule has 7 nitrogen and oxygen atoms in total. The van der Waals surface area contributed by atoms with Gasteiger partial charge in [0, 0.05) is 13.0 Å². The van der Waals surface area contributed by atoms with Crippen molar-refractivity contribution in [1.29, 1.82) is 0 Å². The average Bonchev–Trinajstić information content (AvgIpc) is 3.20. The molecule has 1 fully saturated rings. The molecule has 1 aromatic heterocycles. The van der Waals surface area contributed by atoms with Crippen LogP contribution < -0.4 is 5.73 Å². The Morgan fingerprint density at radius 3 is 2.65 bits per heavy atom. The molecule has 0 bridgehead atoms. The smallest absolute Gasteiger partial charge is 0.272 e. The maximum Gasteiger partial charge on any atom is 0.272 e. The fraction of sp³-hybridized carbons (Fsp3) is 0.737. The summed E-state index contributed by atoms with van der Waals surface area (Å²) in [6, 6.07) is -0.342. The molecule has 7 heteroatoms. The predicted molar refractivity (Wildman–Crippen MR) is 98.3 cm³/mol. The van der Waals surface area contributed by atoms with Gasteiger partial charge in [0.1, 0.15) is 5.69 Å². The van der Waals surface area contributed by atoms with Crippen LogP contribution in [0, 0.1) is 17.8 Å². The number of hydrogen-bond donors (Lipinski definition) is 3. The van der Waals surface area contributed by atoms with Crippen molar-refractivity contribution < 1.29 is 15.0 Å². The lowest BCUT2D eigenvalue weighted by Crippen LogP contribution is -2.21. The number of rotatable bonds is 9. The molecule has 0 unspecified atom stereocenters. The second kappa shape index (κ2) is 10.3. The Kier molecular flexibility index (Phi) is 8.07. The lowest BCUT2D eigenvalue weighted by atomic mass is 10.1. The van der Waals surface area contributed by atoms with Crippen molar-refractivity contribution in [2.75, 3.05) is 6.61 Å². The van der Waals surface area contributed by atoms with E-state index in [4.69, 9.17) is 5.73 Å². The van der Waals surface area contributed by atoms with E-state index < -0.39 is 12.0 Å². The number of unbranched alkanes of at least 4 members (excludes halogenated alkanes) is 6. The lowest BCUT2D eigenvalue weighted by molar-refractivity contribution is 0.0994. The van der Waals surface area contributed by atoms with Gasteiger partial charge >= 0.3 is 0 Å². The number of hydrogen-bond acceptors (Lipinski definition) is 5. The van der Waals surface area contributed by atoms with E-state index in [2.05, 4.69) is 29.1 Å². The number of amides is 1. The minimum Gasteiger partial charge on any atom is -0.396 e. The molecule has 0 spiro atoms. The highest BCUT2D eigenvalue weighted by atomic mass is 16.3. The van der Waals surface area contributed by atoms with Gasteiger partial charge in [-0.2, -0.15) is 0 Å². The second-order valence-electron chi connectivity index (χ2n) is 7.07. The lowest BCUT2D eigenvalue weighted by Gasteiger charge is -2.15. The van der Waals surface area contributed by atoms with E-state index in [0.29, 0.717) is 18.5 Å². The molecule has 1 aliphatic rings. The molecule has 26 heavy (non-hydrogen) atoms. The van der Waals surface area contributed by atoms with Crippen LogP contribution in [-0.2, 0) is 0 Å². The largest absolute Gasteiger partial charge is 0.396 e. The summed E-state index contributed by atoms with van der Waals surface area (Å²) in [6.45, 7) is 2.22. The number of aromatic nitrogens is 3. The Balaban J connectivity index is 2.04. The van der Waals surface area contributed by atoms with Crippen LogP contribution in [0.15, 0.2) is 0 Å². The van der Waals surface area contributed by atoms with Gasteiger partial charge in [0.25, 0.3) is 5.91 Å². The van der Waals surface area contributed by atoms with Crippen molar-refractivity contribution in [3.63, 3.8) is 0 Å². The number of carbonyl (C=O) groups is 1. The van der Waals surface area contributed by atoms with Crippen molar-refractivity contribution in [2.24, 2.45) is 11.7 Å². The first-order valence-electron chi connectivity index (χ1n) is 9.61. The maximum absolute atomic E-state index is 11.6. The molecule has 4 N–H and O–H groups in total. The van der Waals surface area contributed by atoms with Gasteiger partial charge < -0.3 is 15.9 Å². The van der Waals surface area contributed by atoms with Crippen LogP contribution in [0.4, 0.5) is 0 Å². The summed E-state index contributed by atoms with van der Waals surface area (Å²) in [5.41, 5.74) is 5.80. The predicted octanol–water partition coefficient (Wildman–Crippen LogP) is 1.78.